The van der Waals surface area contributed by atoms with Gasteiger partial charge >= 0.3 is 6.18 Å². The van der Waals surface area contributed by atoms with Crippen LogP contribution in [-0.4, -0.2) is 12.4 Å². The number of alkyl halides is 3. The molecule has 0 fully saturated rings. The Labute approximate surface area is 89.0 Å². The second-order valence-corrected chi connectivity index (χ2v) is 3.43. The molecule has 1 aliphatic rings. The molecule has 3 nitrogen and oxygen atoms in total. The van der Waals surface area contributed by atoms with Crippen LogP contribution in [0.25, 0.3) is 0 Å². The first-order valence-electron chi connectivity index (χ1n) is 4.57. The van der Waals surface area contributed by atoms with Crippen molar-refractivity contribution in [3.63, 3.8) is 0 Å². The number of hydrogen-bond donors (Lipinski definition) is 1. The van der Waals surface area contributed by atoms with Crippen LogP contribution in [0.15, 0.2) is 12.1 Å². The quantitative estimate of drug-likeness (QED) is 0.697. The Kier molecular flexibility index (Phi) is 2.29. The van der Waals surface area contributed by atoms with Gasteiger partial charge in [0.1, 0.15) is 5.75 Å². The van der Waals surface area contributed by atoms with Gasteiger partial charge in [0.15, 0.2) is 5.78 Å². The van der Waals surface area contributed by atoms with Crippen LogP contribution in [-0.2, 0) is 6.18 Å². The van der Waals surface area contributed by atoms with Gasteiger partial charge in [-0.3, -0.25) is 4.79 Å². The van der Waals surface area contributed by atoms with E-state index >= 15 is 0 Å². The zero-order valence-corrected chi connectivity index (χ0v) is 8.10. The van der Waals surface area contributed by atoms with Crippen LogP contribution in [0.5, 0.6) is 5.75 Å². The van der Waals surface area contributed by atoms with Crippen LogP contribution in [0.3, 0.4) is 0 Å². The summed E-state index contributed by atoms with van der Waals surface area (Å²) in [6, 6.07) is 1.90. The van der Waals surface area contributed by atoms with Crippen molar-refractivity contribution in [2.75, 3.05) is 12.3 Å². The molecule has 0 atom stereocenters. The molecule has 0 saturated carbocycles. The van der Waals surface area contributed by atoms with E-state index < -0.39 is 23.3 Å². The largest absolute Gasteiger partial charge is 0.492 e. The molecule has 0 unspecified atom stereocenters. The van der Waals surface area contributed by atoms with Gasteiger partial charge in [-0.05, 0) is 12.1 Å². The standard InChI is InChI=1S/C10H8F3NO2/c11-10(12,13)5-1-2-6(14)8-7(15)3-4-16-9(5)8/h1-2H,3-4,14H2. The number of carbonyl (C=O) groups excluding carboxylic acids is 1. The van der Waals surface area contributed by atoms with Crippen molar-refractivity contribution in [3.8, 4) is 5.75 Å². The van der Waals surface area contributed by atoms with Gasteiger partial charge in [0.2, 0.25) is 0 Å². The van der Waals surface area contributed by atoms with E-state index in [0.717, 1.165) is 12.1 Å². The number of rotatable bonds is 0. The van der Waals surface area contributed by atoms with Gasteiger partial charge in [0, 0.05) is 12.1 Å². The summed E-state index contributed by atoms with van der Waals surface area (Å²) in [4.78, 5) is 11.5. The highest BCUT2D eigenvalue weighted by Gasteiger charge is 2.38. The van der Waals surface area contributed by atoms with Crippen LogP contribution in [0.2, 0.25) is 0 Å². The third-order valence-electron chi connectivity index (χ3n) is 2.35. The summed E-state index contributed by atoms with van der Waals surface area (Å²) >= 11 is 0. The zero-order valence-electron chi connectivity index (χ0n) is 8.10. The van der Waals surface area contributed by atoms with Crippen LogP contribution < -0.4 is 10.5 Å². The van der Waals surface area contributed by atoms with Gasteiger partial charge in [0.25, 0.3) is 0 Å². The van der Waals surface area contributed by atoms with Crippen molar-refractivity contribution in [3.05, 3.63) is 23.3 Å². The molecule has 0 spiro atoms. The highest BCUT2D eigenvalue weighted by Crippen LogP contribution is 2.42. The van der Waals surface area contributed by atoms with Gasteiger partial charge in [-0.1, -0.05) is 0 Å². The van der Waals surface area contributed by atoms with Crippen molar-refractivity contribution >= 4 is 11.5 Å². The second-order valence-electron chi connectivity index (χ2n) is 3.43. The molecule has 86 valence electrons. The maximum atomic E-state index is 12.6. The second kappa shape index (κ2) is 3.40. The lowest BCUT2D eigenvalue weighted by Crippen LogP contribution is -2.21. The van der Waals surface area contributed by atoms with Crippen molar-refractivity contribution in [1.29, 1.82) is 0 Å². The fourth-order valence-electron chi connectivity index (χ4n) is 1.63. The normalized spacial score (nSPS) is 15.6. The first-order valence-corrected chi connectivity index (χ1v) is 4.57. The Balaban J connectivity index is 2.67. The number of carbonyl (C=O) groups is 1. The van der Waals surface area contributed by atoms with Crippen molar-refractivity contribution in [2.45, 2.75) is 12.6 Å². The predicted octanol–water partition coefficient (Wildman–Crippen LogP) is 2.25. The summed E-state index contributed by atoms with van der Waals surface area (Å²) in [6.07, 6.45) is -4.49. The Bertz CT molecular complexity index is 454. The number of fused-ring (bicyclic) bond motifs is 1. The Morgan fingerprint density at radius 2 is 2.00 bits per heavy atom. The van der Waals surface area contributed by atoms with E-state index in [1.54, 1.807) is 0 Å². The van der Waals surface area contributed by atoms with E-state index in [4.69, 9.17) is 10.5 Å². The van der Waals surface area contributed by atoms with Crippen LogP contribution in [0.1, 0.15) is 22.3 Å². The fraction of sp³-hybridized carbons (Fsp3) is 0.300. The lowest BCUT2D eigenvalue weighted by molar-refractivity contribution is -0.139. The molecule has 16 heavy (non-hydrogen) atoms. The molecule has 0 bridgehead atoms. The van der Waals surface area contributed by atoms with E-state index in [-0.39, 0.29) is 24.3 Å². The van der Waals surface area contributed by atoms with Gasteiger partial charge in [-0.15, -0.1) is 0 Å². The molecule has 1 heterocycles. The van der Waals surface area contributed by atoms with Gasteiger partial charge in [0.05, 0.1) is 17.7 Å². The maximum absolute atomic E-state index is 12.6. The topological polar surface area (TPSA) is 52.3 Å². The Morgan fingerprint density at radius 3 is 2.62 bits per heavy atom. The fourth-order valence-corrected chi connectivity index (χ4v) is 1.63. The number of anilines is 1. The van der Waals surface area contributed by atoms with E-state index in [1.807, 2.05) is 0 Å². The third kappa shape index (κ3) is 1.60. The van der Waals surface area contributed by atoms with Gasteiger partial charge in [-0.25, -0.2) is 0 Å². The van der Waals surface area contributed by atoms with Crippen molar-refractivity contribution in [1.82, 2.24) is 0 Å². The summed E-state index contributed by atoms with van der Waals surface area (Å²) in [7, 11) is 0. The summed E-state index contributed by atoms with van der Waals surface area (Å²) in [5, 5.41) is 0. The number of Topliss-reactive ketones (excluding diaryl/α,β-unsaturated/α-hetero) is 1. The predicted molar refractivity (Wildman–Crippen MR) is 50.3 cm³/mol. The molecule has 6 heteroatoms. The maximum Gasteiger partial charge on any atom is 0.419 e. The number of halogens is 3. The number of ketones is 1. The van der Waals surface area contributed by atoms with Crippen LogP contribution in [0.4, 0.5) is 18.9 Å². The summed E-state index contributed by atoms with van der Waals surface area (Å²) in [5.41, 5.74) is 4.39. The summed E-state index contributed by atoms with van der Waals surface area (Å²) < 4.78 is 42.7. The van der Waals surface area contributed by atoms with Crippen molar-refractivity contribution < 1.29 is 22.7 Å². The molecule has 0 aliphatic carbocycles. The minimum Gasteiger partial charge on any atom is -0.492 e. The number of benzene rings is 1. The molecule has 0 radical (unpaired) electrons. The minimum absolute atomic E-state index is 0.0210. The minimum atomic E-state index is -4.55. The molecule has 1 aromatic carbocycles. The number of nitrogens with two attached hydrogens (primary N) is 1. The number of nitrogen functional groups attached to an aromatic ring is 1. The first kappa shape index (κ1) is 10.8. The SMILES string of the molecule is Nc1ccc(C(F)(F)F)c2c1C(=O)CCO2. The van der Waals surface area contributed by atoms with Gasteiger partial charge < -0.3 is 10.5 Å². The van der Waals surface area contributed by atoms with E-state index in [0.29, 0.717) is 0 Å². The van der Waals surface area contributed by atoms with E-state index in [2.05, 4.69) is 0 Å². The third-order valence-corrected chi connectivity index (χ3v) is 2.35. The molecule has 0 aromatic heterocycles. The van der Waals surface area contributed by atoms with Gasteiger partial charge in [-0.2, -0.15) is 13.2 Å². The van der Waals surface area contributed by atoms with Crippen molar-refractivity contribution in [2.24, 2.45) is 0 Å². The highest BCUT2D eigenvalue weighted by atomic mass is 19.4. The number of hydrogen-bond acceptors (Lipinski definition) is 3. The Hall–Kier alpha value is -1.72. The van der Waals surface area contributed by atoms with E-state index in [9.17, 15) is 18.0 Å². The molecule has 1 aromatic rings. The highest BCUT2D eigenvalue weighted by molar-refractivity contribution is 6.04. The monoisotopic (exact) mass is 231 g/mol. The molecular formula is C10H8F3NO2. The summed E-state index contributed by atoms with van der Waals surface area (Å²) in [5.74, 6) is -0.853. The molecule has 0 saturated heterocycles. The lowest BCUT2D eigenvalue weighted by atomic mass is 9.99. The average molecular weight is 231 g/mol. The Morgan fingerprint density at radius 1 is 1.31 bits per heavy atom. The smallest absolute Gasteiger partial charge is 0.419 e. The van der Waals surface area contributed by atoms with E-state index in [1.165, 1.54) is 0 Å². The lowest BCUT2D eigenvalue weighted by Gasteiger charge is -2.21. The zero-order chi connectivity index (χ0) is 11.9. The summed E-state index contributed by atoms with van der Waals surface area (Å²) in [6.45, 7) is -0.0433. The van der Waals surface area contributed by atoms with Crippen LogP contribution in [0, 0.1) is 0 Å². The first-order chi connectivity index (χ1) is 7.41. The average Bonchev–Trinajstić information content (AvgIpc) is 2.16. The number of ether oxygens (including phenoxy) is 1. The molecule has 2 rings (SSSR count). The molecule has 0 amide bonds. The van der Waals surface area contributed by atoms with Crippen LogP contribution >= 0.6 is 0 Å². The molecule has 1 aliphatic heterocycles. The molecule has 2 N–H and O–H groups in total. The molecular weight excluding hydrogens is 223 g/mol.